The summed E-state index contributed by atoms with van der Waals surface area (Å²) in [6.45, 7) is 3.29. The first-order valence-electron chi connectivity index (χ1n) is 7.57. The van der Waals surface area contributed by atoms with E-state index in [0.717, 1.165) is 28.8 Å². The van der Waals surface area contributed by atoms with Crippen LogP contribution in [0, 0.1) is 6.92 Å². The highest BCUT2D eigenvalue weighted by molar-refractivity contribution is 9.10. The average molecular weight is 384 g/mol. The monoisotopic (exact) mass is 383 g/mol. The van der Waals surface area contributed by atoms with Gasteiger partial charge in [0.15, 0.2) is 0 Å². The predicted octanol–water partition coefficient (Wildman–Crippen LogP) is 1.58. The number of anilines is 1. The standard InChI is InChI=1S/C16H22BrN3O3/c1-11-3-4-12(17)9-13(11)20-14(21)10-19-15(22)16(23-2)5-7-18-8-6-16/h3-4,9,18H,5-8,10H2,1-2H3,(H,19,22)(H,20,21). The van der Waals surface area contributed by atoms with Gasteiger partial charge in [-0.3, -0.25) is 9.59 Å². The minimum absolute atomic E-state index is 0.0800. The van der Waals surface area contributed by atoms with Crippen molar-refractivity contribution in [2.45, 2.75) is 25.4 Å². The van der Waals surface area contributed by atoms with E-state index in [0.29, 0.717) is 12.8 Å². The van der Waals surface area contributed by atoms with Crippen molar-refractivity contribution in [3.63, 3.8) is 0 Å². The van der Waals surface area contributed by atoms with Crippen LogP contribution in [0.15, 0.2) is 22.7 Å². The summed E-state index contributed by atoms with van der Waals surface area (Å²) in [6.07, 6.45) is 1.20. The van der Waals surface area contributed by atoms with Crippen LogP contribution >= 0.6 is 15.9 Å². The molecule has 0 bridgehead atoms. The second-order valence-corrected chi connectivity index (χ2v) is 6.55. The summed E-state index contributed by atoms with van der Waals surface area (Å²) in [5, 5.41) is 8.68. The Hall–Kier alpha value is -1.44. The topological polar surface area (TPSA) is 79.5 Å². The van der Waals surface area contributed by atoms with Crippen molar-refractivity contribution in [1.82, 2.24) is 10.6 Å². The van der Waals surface area contributed by atoms with Crippen molar-refractivity contribution >= 4 is 33.4 Å². The molecule has 0 aliphatic carbocycles. The van der Waals surface area contributed by atoms with E-state index < -0.39 is 5.60 Å². The summed E-state index contributed by atoms with van der Waals surface area (Å²) in [5.74, 6) is -0.498. The van der Waals surface area contributed by atoms with Gasteiger partial charge in [0, 0.05) is 17.3 Å². The Labute approximate surface area is 144 Å². The van der Waals surface area contributed by atoms with Gasteiger partial charge in [-0.2, -0.15) is 0 Å². The van der Waals surface area contributed by atoms with Crippen molar-refractivity contribution < 1.29 is 14.3 Å². The first kappa shape index (κ1) is 17.9. The summed E-state index contributed by atoms with van der Waals surface area (Å²) in [4.78, 5) is 24.4. The van der Waals surface area contributed by atoms with Gasteiger partial charge < -0.3 is 20.7 Å². The summed E-state index contributed by atoms with van der Waals surface area (Å²) >= 11 is 3.37. The van der Waals surface area contributed by atoms with E-state index in [9.17, 15) is 9.59 Å². The number of hydrogen-bond donors (Lipinski definition) is 3. The first-order chi connectivity index (χ1) is 11.0. The molecule has 1 fully saturated rings. The van der Waals surface area contributed by atoms with Crippen molar-refractivity contribution in [2.24, 2.45) is 0 Å². The lowest BCUT2D eigenvalue weighted by atomic mass is 9.91. The van der Waals surface area contributed by atoms with E-state index in [4.69, 9.17) is 4.74 Å². The molecule has 1 aromatic carbocycles. The summed E-state index contributed by atoms with van der Waals surface area (Å²) < 4.78 is 6.32. The third-order valence-electron chi connectivity index (χ3n) is 4.10. The minimum atomic E-state index is -0.836. The quantitative estimate of drug-likeness (QED) is 0.720. The van der Waals surface area contributed by atoms with Crippen LogP contribution in [0.2, 0.25) is 0 Å². The van der Waals surface area contributed by atoms with Gasteiger partial charge in [-0.25, -0.2) is 0 Å². The largest absolute Gasteiger partial charge is 0.368 e. The van der Waals surface area contributed by atoms with Crippen LogP contribution in [-0.2, 0) is 14.3 Å². The highest BCUT2D eigenvalue weighted by Gasteiger charge is 2.39. The van der Waals surface area contributed by atoms with E-state index in [1.54, 1.807) is 0 Å². The van der Waals surface area contributed by atoms with Crippen LogP contribution in [0.4, 0.5) is 5.69 Å². The Bertz CT molecular complexity index is 586. The number of ether oxygens (including phenoxy) is 1. The Morgan fingerprint density at radius 2 is 2.04 bits per heavy atom. The number of hydrogen-bond acceptors (Lipinski definition) is 4. The predicted molar refractivity (Wildman–Crippen MR) is 92.4 cm³/mol. The molecule has 0 aromatic heterocycles. The number of halogens is 1. The van der Waals surface area contributed by atoms with E-state index >= 15 is 0 Å². The fourth-order valence-electron chi connectivity index (χ4n) is 2.60. The van der Waals surface area contributed by atoms with Gasteiger partial charge in [0.1, 0.15) is 5.60 Å². The average Bonchev–Trinajstić information content (AvgIpc) is 2.56. The number of methoxy groups -OCH3 is 1. The summed E-state index contributed by atoms with van der Waals surface area (Å²) in [5.41, 5.74) is 0.846. The second-order valence-electron chi connectivity index (χ2n) is 5.64. The summed E-state index contributed by atoms with van der Waals surface area (Å²) in [6, 6.07) is 5.65. The lowest BCUT2D eigenvalue weighted by Crippen LogP contribution is -2.55. The maximum absolute atomic E-state index is 12.4. The number of aryl methyl sites for hydroxylation is 1. The molecule has 0 atom stereocenters. The molecule has 1 saturated heterocycles. The molecule has 126 valence electrons. The zero-order valence-electron chi connectivity index (χ0n) is 13.4. The number of carbonyl (C=O) groups excluding carboxylic acids is 2. The van der Waals surface area contributed by atoms with Crippen LogP contribution < -0.4 is 16.0 Å². The van der Waals surface area contributed by atoms with Gasteiger partial charge in [0.25, 0.3) is 5.91 Å². The smallest absolute Gasteiger partial charge is 0.252 e. The Morgan fingerprint density at radius 1 is 1.35 bits per heavy atom. The van der Waals surface area contributed by atoms with Gasteiger partial charge in [-0.1, -0.05) is 22.0 Å². The zero-order chi connectivity index (χ0) is 16.9. The highest BCUT2D eigenvalue weighted by Crippen LogP contribution is 2.23. The molecule has 3 N–H and O–H groups in total. The van der Waals surface area contributed by atoms with Crippen LogP contribution in [-0.4, -0.2) is 44.2 Å². The Morgan fingerprint density at radius 3 is 2.70 bits per heavy atom. The van der Waals surface area contributed by atoms with Crippen LogP contribution in [0.25, 0.3) is 0 Å². The van der Waals surface area contributed by atoms with Crippen molar-refractivity contribution in [2.75, 3.05) is 32.1 Å². The number of amides is 2. The van der Waals surface area contributed by atoms with Gasteiger partial charge in [0.2, 0.25) is 5.91 Å². The minimum Gasteiger partial charge on any atom is -0.368 e. The molecule has 1 aromatic rings. The molecule has 0 radical (unpaired) electrons. The lowest BCUT2D eigenvalue weighted by Gasteiger charge is -2.34. The number of piperidine rings is 1. The molecule has 0 saturated carbocycles. The van der Waals surface area contributed by atoms with Crippen molar-refractivity contribution in [3.8, 4) is 0 Å². The molecule has 7 heteroatoms. The molecular formula is C16H22BrN3O3. The number of nitrogens with one attached hydrogen (secondary N) is 3. The van der Waals surface area contributed by atoms with Gasteiger partial charge in [-0.05, 0) is 50.6 Å². The molecule has 6 nitrogen and oxygen atoms in total. The molecule has 0 unspecified atom stereocenters. The highest BCUT2D eigenvalue weighted by atomic mass is 79.9. The molecule has 23 heavy (non-hydrogen) atoms. The van der Waals surface area contributed by atoms with E-state index in [2.05, 4.69) is 31.9 Å². The number of carbonyl (C=O) groups is 2. The molecular weight excluding hydrogens is 362 g/mol. The third kappa shape index (κ3) is 4.53. The molecule has 2 rings (SSSR count). The molecule has 0 spiro atoms. The SMILES string of the molecule is COC1(C(=O)NCC(=O)Nc2cc(Br)ccc2C)CCNCC1. The van der Waals surface area contributed by atoms with E-state index in [1.807, 2.05) is 25.1 Å². The van der Waals surface area contributed by atoms with E-state index in [-0.39, 0.29) is 18.4 Å². The van der Waals surface area contributed by atoms with Gasteiger partial charge in [-0.15, -0.1) is 0 Å². The van der Waals surface area contributed by atoms with Crippen LogP contribution in [0.1, 0.15) is 18.4 Å². The molecule has 1 aliphatic heterocycles. The first-order valence-corrected chi connectivity index (χ1v) is 8.36. The van der Waals surface area contributed by atoms with Gasteiger partial charge >= 0.3 is 0 Å². The van der Waals surface area contributed by atoms with Crippen LogP contribution in [0.3, 0.4) is 0 Å². The number of benzene rings is 1. The van der Waals surface area contributed by atoms with E-state index in [1.165, 1.54) is 7.11 Å². The fraction of sp³-hybridized carbons (Fsp3) is 0.500. The summed E-state index contributed by atoms with van der Waals surface area (Å²) in [7, 11) is 1.54. The molecule has 1 heterocycles. The maximum Gasteiger partial charge on any atom is 0.252 e. The van der Waals surface area contributed by atoms with Crippen molar-refractivity contribution in [3.05, 3.63) is 28.2 Å². The Kier molecular flexibility index (Phi) is 6.15. The van der Waals surface area contributed by atoms with Crippen molar-refractivity contribution in [1.29, 1.82) is 0 Å². The fourth-order valence-corrected chi connectivity index (χ4v) is 2.96. The zero-order valence-corrected chi connectivity index (χ0v) is 15.0. The second kappa shape index (κ2) is 7.90. The lowest BCUT2D eigenvalue weighted by molar-refractivity contribution is -0.147. The van der Waals surface area contributed by atoms with Crippen LogP contribution in [0.5, 0.6) is 0 Å². The molecule has 2 amide bonds. The normalized spacial score (nSPS) is 16.7. The third-order valence-corrected chi connectivity index (χ3v) is 4.59. The maximum atomic E-state index is 12.4. The van der Waals surface area contributed by atoms with Gasteiger partial charge in [0.05, 0.1) is 6.54 Å². The molecule has 1 aliphatic rings. The number of rotatable bonds is 5. The Balaban J connectivity index is 1.90.